The topological polar surface area (TPSA) is 39.5 Å². The van der Waals surface area contributed by atoms with Crippen LogP contribution in [0.5, 0.6) is 11.5 Å². The molecule has 122 valence electrons. The maximum Gasteiger partial charge on any atom is 0.161 e. The highest BCUT2D eigenvalue weighted by Gasteiger charge is 2.22. The molecule has 0 spiro atoms. The van der Waals surface area contributed by atoms with Crippen LogP contribution in [-0.2, 0) is 13.6 Å². The highest BCUT2D eigenvalue weighted by Crippen LogP contribution is 2.32. The zero-order chi connectivity index (χ0) is 15.6. The van der Waals surface area contributed by atoms with Crippen LogP contribution in [0.1, 0.15) is 29.9 Å². The molecule has 5 heteroatoms. The van der Waals surface area contributed by atoms with Gasteiger partial charge in [-0.25, -0.2) is 0 Å². The first-order valence-electron chi connectivity index (χ1n) is 8.37. The van der Waals surface area contributed by atoms with Crippen LogP contribution in [-0.4, -0.2) is 41.0 Å². The van der Waals surface area contributed by atoms with E-state index in [2.05, 4.69) is 28.3 Å². The molecule has 0 unspecified atom stereocenters. The normalized spacial score (nSPS) is 19.0. The SMILES string of the molecule is Cn1cc(C2CCN(Cc3ccc4c(c3)OCCO4)CC2)cn1. The Morgan fingerprint density at radius 2 is 1.91 bits per heavy atom. The number of hydrogen-bond acceptors (Lipinski definition) is 4. The molecule has 3 heterocycles. The molecular weight excluding hydrogens is 290 g/mol. The lowest BCUT2D eigenvalue weighted by molar-refractivity contribution is 0.170. The summed E-state index contributed by atoms with van der Waals surface area (Å²) in [5, 5.41) is 4.30. The average molecular weight is 313 g/mol. The Morgan fingerprint density at radius 3 is 2.65 bits per heavy atom. The number of aryl methyl sites for hydroxylation is 1. The Balaban J connectivity index is 1.36. The summed E-state index contributed by atoms with van der Waals surface area (Å²) in [6.07, 6.45) is 6.58. The van der Waals surface area contributed by atoms with Gasteiger partial charge in [0.25, 0.3) is 0 Å². The molecule has 2 aliphatic heterocycles. The summed E-state index contributed by atoms with van der Waals surface area (Å²) in [5.74, 6) is 2.41. The van der Waals surface area contributed by atoms with Gasteiger partial charge in [-0.2, -0.15) is 5.10 Å². The zero-order valence-corrected chi connectivity index (χ0v) is 13.6. The van der Waals surface area contributed by atoms with Gasteiger partial charge in [-0.1, -0.05) is 6.07 Å². The van der Waals surface area contributed by atoms with Crippen molar-refractivity contribution in [3.8, 4) is 11.5 Å². The van der Waals surface area contributed by atoms with Gasteiger partial charge in [0, 0.05) is 19.8 Å². The van der Waals surface area contributed by atoms with Gasteiger partial charge in [-0.05, 0) is 55.1 Å². The molecule has 23 heavy (non-hydrogen) atoms. The van der Waals surface area contributed by atoms with E-state index >= 15 is 0 Å². The summed E-state index contributed by atoms with van der Waals surface area (Å²) in [6.45, 7) is 4.54. The number of ether oxygens (including phenoxy) is 2. The number of benzene rings is 1. The van der Waals surface area contributed by atoms with Crippen molar-refractivity contribution < 1.29 is 9.47 Å². The number of likely N-dealkylation sites (tertiary alicyclic amines) is 1. The van der Waals surface area contributed by atoms with E-state index in [9.17, 15) is 0 Å². The van der Waals surface area contributed by atoms with Crippen molar-refractivity contribution in [1.82, 2.24) is 14.7 Å². The Morgan fingerprint density at radius 1 is 1.13 bits per heavy atom. The Bertz CT molecular complexity index is 675. The second-order valence-electron chi connectivity index (χ2n) is 6.48. The van der Waals surface area contributed by atoms with Gasteiger partial charge in [0.05, 0.1) is 6.20 Å². The highest BCUT2D eigenvalue weighted by molar-refractivity contribution is 5.43. The van der Waals surface area contributed by atoms with Crippen molar-refractivity contribution in [2.24, 2.45) is 7.05 Å². The fourth-order valence-electron chi connectivity index (χ4n) is 3.52. The van der Waals surface area contributed by atoms with Crippen LogP contribution in [0.15, 0.2) is 30.6 Å². The van der Waals surface area contributed by atoms with Gasteiger partial charge in [-0.15, -0.1) is 0 Å². The molecule has 0 atom stereocenters. The lowest BCUT2D eigenvalue weighted by Gasteiger charge is -2.31. The molecular formula is C18H23N3O2. The van der Waals surface area contributed by atoms with Crippen LogP contribution in [0, 0.1) is 0 Å². The third-order valence-electron chi connectivity index (χ3n) is 4.80. The summed E-state index contributed by atoms with van der Waals surface area (Å²) in [7, 11) is 1.99. The molecule has 2 aliphatic rings. The van der Waals surface area contributed by atoms with E-state index in [1.165, 1.54) is 24.0 Å². The van der Waals surface area contributed by atoms with Crippen molar-refractivity contribution in [2.75, 3.05) is 26.3 Å². The molecule has 0 radical (unpaired) electrons. The van der Waals surface area contributed by atoms with Crippen molar-refractivity contribution in [1.29, 1.82) is 0 Å². The summed E-state index contributed by atoms with van der Waals surface area (Å²) in [6, 6.07) is 6.31. The monoisotopic (exact) mass is 313 g/mol. The molecule has 0 saturated carbocycles. The Kier molecular flexibility index (Phi) is 3.95. The molecule has 0 bridgehead atoms. The van der Waals surface area contributed by atoms with E-state index in [4.69, 9.17) is 9.47 Å². The van der Waals surface area contributed by atoms with Crippen molar-refractivity contribution in [2.45, 2.75) is 25.3 Å². The number of rotatable bonds is 3. The summed E-state index contributed by atoms with van der Waals surface area (Å²) in [5.41, 5.74) is 2.68. The number of hydrogen-bond donors (Lipinski definition) is 0. The number of fused-ring (bicyclic) bond motifs is 1. The minimum absolute atomic E-state index is 0.646. The molecule has 0 amide bonds. The smallest absolute Gasteiger partial charge is 0.161 e. The standard InChI is InChI=1S/C18H23N3O2/c1-20-13-16(11-19-20)15-4-6-21(7-5-15)12-14-2-3-17-18(10-14)23-9-8-22-17/h2-3,10-11,13,15H,4-9,12H2,1H3. The van der Waals surface area contributed by atoms with Crippen LogP contribution < -0.4 is 9.47 Å². The van der Waals surface area contributed by atoms with E-state index < -0.39 is 0 Å². The molecule has 5 nitrogen and oxygen atoms in total. The van der Waals surface area contributed by atoms with Gasteiger partial charge in [0.2, 0.25) is 0 Å². The van der Waals surface area contributed by atoms with Crippen molar-refractivity contribution in [3.63, 3.8) is 0 Å². The van der Waals surface area contributed by atoms with Gasteiger partial charge in [0.15, 0.2) is 11.5 Å². The molecule has 0 N–H and O–H groups in total. The first-order chi connectivity index (χ1) is 11.3. The third kappa shape index (κ3) is 3.20. The number of aromatic nitrogens is 2. The minimum atomic E-state index is 0.646. The fraction of sp³-hybridized carbons (Fsp3) is 0.500. The largest absolute Gasteiger partial charge is 0.486 e. The molecule has 1 aromatic heterocycles. The van der Waals surface area contributed by atoms with E-state index in [1.807, 2.05) is 24.0 Å². The van der Waals surface area contributed by atoms with E-state index in [1.54, 1.807) is 0 Å². The summed E-state index contributed by atoms with van der Waals surface area (Å²) in [4.78, 5) is 2.53. The summed E-state index contributed by atoms with van der Waals surface area (Å²) < 4.78 is 13.2. The molecule has 1 fully saturated rings. The zero-order valence-electron chi connectivity index (χ0n) is 13.6. The predicted molar refractivity (Wildman–Crippen MR) is 87.9 cm³/mol. The molecule has 4 rings (SSSR count). The van der Waals surface area contributed by atoms with E-state index in [0.29, 0.717) is 19.1 Å². The molecule has 2 aromatic rings. The average Bonchev–Trinajstić information content (AvgIpc) is 3.02. The van der Waals surface area contributed by atoms with Gasteiger partial charge in [0.1, 0.15) is 13.2 Å². The van der Waals surface area contributed by atoms with Crippen molar-refractivity contribution in [3.05, 3.63) is 41.7 Å². The van der Waals surface area contributed by atoms with Crippen molar-refractivity contribution >= 4 is 0 Å². The maximum atomic E-state index is 5.68. The minimum Gasteiger partial charge on any atom is -0.486 e. The van der Waals surface area contributed by atoms with Gasteiger partial charge in [-0.3, -0.25) is 9.58 Å². The highest BCUT2D eigenvalue weighted by atomic mass is 16.6. The lowest BCUT2D eigenvalue weighted by Crippen LogP contribution is -2.32. The maximum absolute atomic E-state index is 5.68. The van der Waals surface area contributed by atoms with Crippen LogP contribution >= 0.6 is 0 Å². The Labute approximate surface area is 136 Å². The van der Waals surface area contributed by atoms with Gasteiger partial charge >= 0.3 is 0 Å². The predicted octanol–water partition coefficient (Wildman–Crippen LogP) is 2.57. The van der Waals surface area contributed by atoms with Crippen LogP contribution in [0.25, 0.3) is 0 Å². The van der Waals surface area contributed by atoms with E-state index in [0.717, 1.165) is 31.1 Å². The second-order valence-corrected chi connectivity index (χ2v) is 6.48. The quantitative estimate of drug-likeness (QED) is 0.873. The second kappa shape index (κ2) is 6.24. The summed E-state index contributed by atoms with van der Waals surface area (Å²) >= 11 is 0. The first-order valence-corrected chi connectivity index (χ1v) is 8.37. The molecule has 1 saturated heterocycles. The molecule has 0 aliphatic carbocycles. The lowest BCUT2D eigenvalue weighted by atomic mass is 9.91. The van der Waals surface area contributed by atoms with Crippen LogP contribution in [0.4, 0.5) is 0 Å². The van der Waals surface area contributed by atoms with E-state index in [-0.39, 0.29) is 0 Å². The Hall–Kier alpha value is -2.01. The first kappa shape index (κ1) is 14.6. The van der Waals surface area contributed by atoms with Crippen LogP contribution in [0.2, 0.25) is 0 Å². The third-order valence-corrected chi connectivity index (χ3v) is 4.80. The van der Waals surface area contributed by atoms with Crippen LogP contribution in [0.3, 0.4) is 0 Å². The van der Waals surface area contributed by atoms with Gasteiger partial charge < -0.3 is 9.47 Å². The number of nitrogens with zero attached hydrogens (tertiary/aromatic N) is 3. The fourth-order valence-corrected chi connectivity index (χ4v) is 3.52. The molecule has 1 aromatic carbocycles. The number of piperidine rings is 1.